The maximum Gasteiger partial charge on any atom is 0.416 e. The van der Waals surface area contributed by atoms with Gasteiger partial charge in [0.05, 0.1) is 21.0 Å². The third-order valence-electron chi connectivity index (χ3n) is 2.20. The first-order valence-electron chi connectivity index (χ1n) is 4.58. The minimum atomic E-state index is -4.32. The van der Waals surface area contributed by atoms with E-state index >= 15 is 0 Å². The number of aromatic nitrogens is 1. The molecule has 0 amide bonds. The Balaban J connectivity index is 2.72. The Morgan fingerprint density at radius 1 is 1.31 bits per heavy atom. The number of alkyl halides is 3. The van der Waals surface area contributed by atoms with Crippen LogP contribution in [0.4, 0.5) is 18.9 Å². The van der Waals surface area contributed by atoms with E-state index in [2.05, 4.69) is 10.3 Å². The number of anilines is 1. The quantitative estimate of drug-likeness (QED) is 0.830. The van der Waals surface area contributed by atoms with E-state index in [1.807, 2.05) is 0 Å². The second-order valence-electron chi connectivity index (χ2n) is 3.35. The van der Waals surface area contributed by atoms with Gasteiger partial charge < -0.3 is 5.32 Å². The van der Waals surface area contributed by atoms with E-state index in [9.17, 15) is 13.2 Å². The molecule has 0 unspecified atom stereocenters. The topological polar surface area (TPSA) is 24.9 Å². The van der Waals surface area contributed by atoms with Crippen molar-refractivity contribution < 1.29 is 13.2 Å². The second-order valence-corrected chi connectivity index (χ2v) is 4.59. The summed E-state index contributed by atoms with van der Waals surface area (Å²) in [6.07, 6.45) is -4.32. The summed E-state index contributed by atoms with van der Waals surface area (Å²) in [4.78, 5) is 4.20. The molecule has 0 bridgehead atoms. The number of nitrogens with one attached hydrogen (secondary N) is 1. The fraction of sp³-hybridized carbons (Fsp3) is 0.300. The summed E-state index contributed by atoms with van der Waals surface area (Å²) in [6, 6.07) is 2.22. The lowest BCUT2D eigenvalue weighted by molar-refractivity contribution is -0.137. The molecule has 2 rings (SSSR count). The van der Waals surface area contributed by atoms with Gasteiger partial charge in [0.15, 0.2) is 0 Å². The first kappa shape index (κ1) is 11.2. The normalized spacial score (nSPS) is 12.1. The van der Waals surface area contributed by atoms with Crippen molar-refractivity contribution in [1.29, 1.82) is 0 Å². The molecule has 0 aliphatic rings. The van der Waals surface area contributed by atoms with Crippen LogP contribution in [-0.2, 0) is 6.18 Å². The maximum atomic E-state index is 12.6. The van der Waals surface area contributed by atoms with Crippen LogP contribution >= 0.6 is 11.3 Å². The highest BCUT2D eigenvalue weighted by Crippen LogP contribution is 2.36. The Morgan fingerprint density at radius 3 is 2.56 bits per heavy atom. The van der Waals surface area contributed by atoms with E-state index in [0.717, 1.165) is 17.1 Å². The molecule has 0 spiro atoms. The molecular weight excluding hydrogens is 237 g/mol. The Labute approximate surface area is 94.1 Å². The summed E-state index contributed by atoms with van der Waals surface area (Å²) in [7, 11) is 1.59. The number of nitrogens with zero attached hydrogens (tertiary/aromatic N) is 1. The monoisotopic (exact) mass is 246 g/mol. The summed E-state index contributed by atoms with van der Waals surface area (Å²) in [5, 5.41) is 3.50. The number of hydrogen-bond donors (Lipinski definition) is 1. The minimum absolute atomic E-state index is 0.411. The molecule has 16 heavy (non-hydrogen) atoms. The van der Waals surface area contributed by atoms with Crippen molar-refractivity contribution in [1.82, 2.24) is 4.98 Å². The highest BCUT2D eigenvalue weighted by Gasteiger charge is 2.31. The average Bonchev–Trinajstić information content (AvgIpc) is 2.54. The molecule has 0 aliphatic heterocycles. The third kappa shape index (κ3) is 1.84. The zero-order valence-corrected chi connectivity index (χ0v) is 9.46. The van der Waals surface area contributed by atoms with Gasteiger partial charge in [-0.05, 0) is 19.1 Å². The van der Waals surface area contributed by atoms with Gasteiger partial charge in [-0.1, -0.05) is 0 Å². The van der Waals surface area contributed by atoms with Gasteiger partial charge in [0.2, 0.25) is 0 Å². The van der Waals surface area contributed by atoms with Gasteiger partial charge >= 0.3 is 6.18 Å². The second kappa shape index (κ2) is 3.62. The number of thiazole rings is 1. The van der Waals surface area contributed by atoms with Gasteiger partial charge in [-0.25, -0.2) is 4.98 Å². The molecule has 86 valence electrons. The lowest BCUT2D eigenvalue weighted by Crippen LogP contribution is -2.05. The zero-order chi connectivity index (χ0) is 11.9. The van der Waals surface area contributed by atoms with Gasteiger partial charge in [0.1, 0.15) is 5.52 Å². The largest absolute Gasteiger partial charge is 0.416 e. The predicted molar refractivity (Wildman–Crippen MR) is 58.9 cm³/mol. The molecule has 0 saturated heterocycles. The van der Waals surface area contributed by atoms with E-state index in [4.69, 9.17) is 0 Å². The van der Waals surface area contributed by atoms with Crippen LogP contribution in [0.25, 0.3) is 10.2 Å². The number of fused-ring (bicyclic) bond motifs is 1. The summed E-state index contributed by atoms with van der Waals surface area (Å²) >= 11 is 1.26. The van der Waals surface area contributed by atoms with Crippen molar-refractivity contribution in [3.8, 4) is 0 Å². The Kier molecular flexibility index (Phi) is 2.53. The van der Waals surface area contributed by atoms with Crippen LogP contribution in [0.1, 0.15) is 10.6 Å². The molecule has 2 nitrogen and oxygen atoms in total. The van der Waals surface area contributed by atoms with Crippen molar-refractivity contribution in [3.63, 3.8) is 0 Å². The van der Waals surface area contributed by atoms with E-state index in [1.165, 1.54) is 11.3 Å². The molecule has 0 saturated carbocycles. The van der Waals surface area contributed by atoms with Gasteiger partial charge in [-0.3, -0.25) is 0 Å². The lowest BCUT2D eigenvalue weighted by Gasteiger charge is -2.09. The van der Waals surface area contributed by atoms with Crippen LogP contribution in [-0.4, -0.2) is 12.0 Å². The van der Waals surface area contributed by atoms with Crippen molar-refractivity contribution in [2.24, 2.45) is 0 Å². The van der Waals surface area contributed by atoms with Crippen LogP contribution in [0, 0.1) is 6.92 Å². The summed E-state index contributed by atoms with van der Waals surface area (Å²) in [5.41, 5.74) is 0.361. The number of hydrogen-bond acceptors (Lipinski definition) is 3. The van der Waals surface area contributed by atoms with Crippen LogP contribution in [0.15, 0.2) is 12.1 Å². The highest BCUT2D eigenvalue weighted by molar-refractivity contribution is 7.18. The first-order valence-corrected chi connectivity index (χ1v) is 5.39. The third-order valence-corrected chi connectivity index (χ3v) is 3.12. The van der Waals surface area contributed by atoms with Gasteiger partial charge in [-0.2, -0.15) is 13.2 Å². The van der Waals surface area contributed by atoms with Crippen molar-refractivity contribution >= 4 is 27.2 Å². The minimum Gasteiger partial charge on any atom is -0.386 e. The molecule has 1 heterocycles. The van der Waals surface area contributed by atoms with Gasteiger partial charge in [0, 0.05) is 7.05 Å². The fourth-order valence-corrected chi connectivity index (χ4v) is 2.39. The van der Waals surface area contributed by atoms with E-state index in [0.29, 0.717) is 15.9 Å². The molecule has 1 aromatic carbocycles. The predicted octanol–water partition coefficient (Wildman–Crippen LogP) is 3.67. The van der Waals surface area contributed by atoms with Crippen molar-refractivity contribution in [2.45, 2.75) is 13.1 Å². The molecule has 0 aliphatic carbocycles. The standard InChI is InChI=1S/C10H9F3N2S/c1-5-15-9-7(14-2)3-6(10(11,12)13)4-8(9)16-5/h3-4,14H,1-2H3. The highest BCUT2D eigenvalue weighted by atomic mass is 32.1. The number of halogens is 3. The molecule has 1 N–H and O–H groups in total. The zero-order valence-electron chi connectivity index (χ0n) is 8.64. The van der Waals surface area contributed by atoms with Crippen LogP contribution < -0.4 is 5.32 Å². The lowest BCUT2D eigenvalue weighted by atomic mass is 10.2. The molecule has 2 aromatic rings. The molecule has 6 heteroatoms. The number of aryl methyl sites for hydroxylation is 1. The van der Waals surface area contributed by atoms with Crippen LogP contribution in [0.3, 0.4) is 0 Å². The van der Waals surface area contributed by atoms with Crippen LogP contribution in [0.2, 0.25) is 0 Å². The van der Waals surface area contributed by atoms with E-state index in [-0.39, 0.29) is 0 Å². The number of benzene rings is 1. The molecule has 0 atom stereocenters. The molecule has 0 radical (unpaired) electrons. The number of rotatable bonds is 1. The summed E-state index contributed by atoms with van der Waals surface area (Å²) < 4.78 is 38.3. The molecular formula is C10H9F3N2S. The van der Waals surface area contributed by atoms with Gasteiger partial charge in [-0.15, -0.1) is 11.3 Å². The smallest absolute Gasteiger partial charge is 0.386 e. The molecule has 1 aromatic heterocycles. The average molecular weight is 246 g/mol. The SMILES string of the molecule is CNc1cc(C(F)(F)F)cc2sc(C)nc12. The summed E-state index contributed by atoms with van der Waals surface area (Å²) in [6.45, 7) is 1.78. The van der Waals surface area contributed by atoms with Crippen molar-refractivity contribution in [3.05, 3.63) is 22.7 Å². The Morgan fingerprint density at radius 2 is 2.00 bits per heavy atom. The van der Waals surface area contributed by atoms with Crippen LogP contribution in [0.5, 0.6) is 0 Å². The van der Waals surface area contributed by atoms with Gasteiger partial charge in [0.25, 0.3) is 0 Å². The Bertz CT molecular complexity index is 531. The van der Waals surface area contributed by atoms with E-state index < -0.39 is 11.7 Å². The fourth-order valence-electron chi connectivity index (χ4n) is 1.49. The first-order chi connectivity index (χ1) is 7.41. The summed E-state index contributed by atoms with van der Waals surface area (Å²) in [5.74, 6) is 0. The van der Waals surface area contributed by atoms with E-state index in [1.54, 1.807) is 14.0 Å². The maximum absolute atomic E-state index is 12.6. The Hall–Kier alpha value is -1.30. The molecule has 0 fully saturated rings. The van der Waals surface area contributed by atoms with Crippen molar-refractivity contribution in [2.75, 3.05) is 12.4 Å².